The third-order valence-electron chi connectivity index (χ3n) is 1.19. The fraction of sp³-hybridized carbons (Fsp3) is 1.00. The molecule has 0 aliphatic rings. The van der Waals surface area contributed by atoms with Gasteiger partial charge in [0, 0.05) is 14.2 Å². The van der Waals surface area contributed by atoms with Crippen molar-refractivity contribution >= 4 is 0 Å². The summed E-state index contributed by atoms with van der Waals surface area (Å²) in [4.78, 5) is 0. The van der Waals surface area contributed by atoms with Crippen LogP contribution in [0.1, 0.15) is 36.6 Å². The molecule has 0 spiro atoms. The van der Waals surface area contributed by atoms with Crippen molar-refractivity contribution in [3.8, 4) is 0 Å². The first-order valence-electron chi connectivity index (χ1n) is 3.40. The van der Waals surface area contributed by atoms with Crippen LogP contribution in [-0.2, 0) is 14.2 Å². The third-order valence-corrected chi connectivity index (χ3v) is 1.19. The predicted octanol–water partition coefficient (Wildman–Crippen LogP) is 3.23. The molecule has 0 aliphatic heterocycles. The molecule has 0 saturated heterocycles. The average molecular weight is 212 g/mol. The maximum absolute atomic E-state index is 5.18. The van der Waals surface area contributed by atoms with Gasteiger partial charge in [-0.05, 0) is 6.92 Å². The van der Waals surface area contributed by atoms with E-state index in [2.05, 4.69) is 0 Å². The summed E-state index contributed by atoms with van der Waals surface area (Å²) in [6.45, 7) is 3.90. The summed E-state index contributed by atoms with van der Waals surface area (Å²) in [6, 6.07) is 0. The number of hydrogen-bond acceptors (Lipinski definition) is 3. The van der Waals surface area contributed by atoms with Crippen molar-refractivity contribution in [1.29, 1.82) is 0 Å². The highest BCUT2D eigenvalue weighted by atomic mass is 16.5. The fourth-order valence-electron chi connectivity index (χ4n) is 0.460. The van der Waals surface area contributed by atoms with Gasteiger partial charge in [-0.1, -0.05) is 29.7 Å². The molecule has 0 fully saturated rings. The monoisotopic (exact) mass is 212 g/mol. The molecular weight excluding hydrogens is 180 g/mol. The van der Waals surface area contributed by atoms with Gasteiger partial charge in [-0.15, -0.1) is 0 Å². The Morgan fingerprint density at radius 3 is 1.79 bits per heavy atom. The van der Waals surface area contributed by atoms with E-state index in [1.165, 1.54) is 0 Å². The topological polar surface area (TPSA) is 27.7 Å². The van der Waals surface area contributed by atoms with Crippen molar-refractivity contribution in [2.45, 2.75) is 42.7 Å². The van der Waals surface area contributed by atoms with Gasteiger partial charge in [0.15, 0.2) is 0 Å². The molecule has 0 aromatic rings. The lowest BCUT2D eigenvalue weighted by Crippen LogP contribution is -2.15. The maximum atomic E-state index is 5.18. The van der Waals surface area contributed by atoms with Crippen LogP contribution in [0.5, 0.6) is 0 Å². The summed E-state index contributed by atoms with van der Waals surface area (Å²) >= 11 is 0. The maximum Gasteiger partial charge on any atom is 0.0776 e. The fourth-order valence-corrected chi connectivity index (χ4v) is 0.460. The molecule has 1 unspecified atom stereocenters. The molecule has 0 saturated carbocycles. The van der Waals surface area contributed by atoms with Gasteiger partial charge in [-0.2, -0.15) is 0 Å². The molecule has 0 aromatic carbocycles. The van der Waals surface area contributed by atoms with Gasteiger partial charge in [-0.25, -0.2) is 0 Å². The van der Waals surface area contributed by atoms with Gasteiger partial charge in [0.1, 0.15) is 0 Å². The molecule has 0 radical (unpaired) electrons. The third kappa shape index (κ3) is 22.6. The Kier molecular flexibility index (Phi) is 48.1. The van der Waals surface area contributed by atoms with Crippen LogP contribution in [0.3, 0.4) is 0 Å². The van der Waals surface area contributed by atoms with Crippen molar-refractivity contribution < 1.29 is 14.2 Å². The second-order valence-corrected chi connectivity index (χ2v) is 2.11. The molecular formula is C11H32O3. The van der Waals surface area contributed by atoms with Crippen LogP contribution in [0, 0.1) is 0 Å². The van der Waals surface area contributed by atoms with E-state index in [0.29, 0.717) is 19.8 Å². The zero-order valence-electron chi connectivity index (χ0n) is 6.92. The summed E-state index contributed by atoms with van der Waals surface area (Å²) in [5.74, 6) is 0. The van der Waals surface area contributed by atoms with Crippen LogP contribution in [-0.4, -0.2) is 40.1 Å². The van der Waals surface area contributed by atoms with E-state index in [4.69, 9.17) is 14.2 Å². The van der Waals surface area contributed by atoms with Crippen LogP contribution >= 0.6 is 0 Å². The summed E-state index contributed by atoms with van der Waals surface area (Å²) in [7, 11) is 3.33. The molecule has 0 N–H and O–H groups in total. The first-order valence-corrected chi connectivity index (χ1v) is 3.40. The Labute approximate surface area is 91.8 Å². The molecule has 0 bridgehead atoms. The van der Waals surface area contributed by atoms with E-state index in [0.717, 1.165) is 0 Å². The molecule has 1 atom stereocenters. The van der Waals surface area contributed by atoms with Crippen LogP contribution in [0.2, 0.25) is 0 Å². The van der Waals surface area contributed by atoms with E-state index in [9.17, 15) is 0 Å². The van der Waals surface area contributed by atoms with E-state index in [-0.39, 0.29) is 35.8 Å². The van der Waals surface area contributed by atoms with Crippen molar-refractivity contribution in [1.82, 2.24) is 0 Å². The Morgan fingerprint density at radius 1 is 0.929 bits per heavy atom. The number of methoxy groups -OCH3 is 2. The Hall–Kier alpha value is -0.120. The van der Waals surface area contributed by atoms with Gasteiger partial charge >= 0.3 is 0 Å². The Morgan fingerprint density at radius 2 is 1.43 bits per heavy atom. The highest BCUT2D eigenvalue weighted by Crippen LogP contribution is 1.87. The minimum absolute atomic E-state index is 0. The smallest absolute Gasteiger partial charge is 0.0776 e. The normalized spacial score (nSPS) is 9.64. The quantitative estimate of drug-likeness (QED) is 0.633. The van der Waals surface area contributed by atoms with Crippen LogP contribution in [0.4, 0.5) is 0 Å². The molecule has 94 valence electrons. The lowest BCUT2D eigenvalue weighted by Gasteiger charge is -2.08. The molecule has 3 nitrogen and oxygen atoms in total. The number of rotatable bonds is 6. The van der Waals surface area contributed by atoms with E-state index >= 15 is 0 Å². The van der Waals surface area contributed by atoms with Gasteiger partial charge in [-0.3, -0.25) is 0 Å². The highest BCUT2D eigenvalue weighted by Gasteiger charge is 1.96. The van der Waals surface area contributed by atoms with Crippen LogP contribution in [0.15, 0.2) is 0 Å². The molecule has 0 rings (SSSR count). The van der Waals surface area contributed by atoms with Crippen molar-refractivity contribution in [2.75, 3.05) is 34.0 Å². The number of ether oxygens (including phenoxy) is 3. The zero-order valence-corrected chi connectivity index (χ0v) is 6.92. The molecule has 14 heavy (non-hydrogen) atoms. The second kappa shape index (κ2) is 23.1. The summed E-state index contributed by atoms with van der Waals surface area (Å²) in [5.41, 5.74) is 0. The second-order valence-electron chi connectivity index (χ2n) is 2.11. The average Bonchev–Trinajstić information content (AvgIpc) is 1.98. The molecule has 0 aliphatic carbocycles. The van der Waals surface area contributed by atoms with Crippen LogP contribution < -0.4 is 0 Å². The van der Waals surface area contributed by atoms with Crippen molar-refractivity contribution in [3.05, 3.63) is 0 Å². The first kappa shape index (κ1) is 29.2. The van der Waals surface area contributed by atoms with E-state index in [1.54, 1.807) is 14.2 Å². The van der Waals surface area contributed by atoms with E-state index < -0.39 is 0 Å². The highest BCUT2D eigenvalue weighted by molar-refractivity contribution is 4.43. The Bertz CT molecular complexity index is 67.6. The molecule has 3 heteroatoms. The lowest BCUT2D eigenvalue weighted by atomic mass is 10.4. The summed E-state index contributed by atoms with van der Waals surface area (Å²) in [6.07, 6.45) is 0.178. The predicted molar refractivity (Wildman–Crippen MR) is 66.1 cm³/mol. The SMILES string of the molecule is C.C.C.C.COCCOCC(C)OC. The van der Waals surface area contributed by atoms with Gasteiger partial charge < -0.3 is 14.2 Å². The van der Waals surface area contributed by atoms with Crippen molar-refractivity contribution in [3.63, 3.8) is 0 Å². The standard InChI is InChI=1S/C7H16O3.4CH4/c1-7(9-3)6-10-5-4-8-2;;;;/h7H,4-6H2,1-3H3;4*1H4. The van der Waals surface area contributed by atoms with Gasteiger partial charge in [0.25, 0.3) is 0 Å². The lowest BCUT2D eigenvalue weighted by molar-refractivity contribution is 0.000968. The Balaban J connectivity index is -0.0000000675. The first-order chi connectivity index (χ1) is 4.81. The van der Waals surface area contributed by atoms with Crippen LogP contribution in [0.25, 0.3) is 0 Å². The van der Waals surface area contributed by atoms with Crippen molar-refractivity contribution in [2.24, 2.45) is 0 Å². The summed E-state index contributed by atoms with van der Waals surface area (Å²) < 4.78 is 14.9. The largest absolute Gasteiger partial charge is 0.382 e. The number of hydrogen-bond donors (Lipinski definition) is 0. The van der Waals surface area contributed by atoms with Gasteiger partial charge in [0.05, 0.1) is 25.9 Å². The molecule has 0 aromatic heterocycles. The molecule has 0 amide bonds. The van der Waals surface area contributed by atoms with Gasteiger partial charge in [0.2, 0.25) is 0 Å². The van der Waals surface area contributed by atoms with E-state index in [1.807, 2.05) is 6.92 Å². The minimum atomic E-state index is 0. The molecule has 0 heterocycles. The minimum Gasteiger partial charge on any atom is -0.382 e. The summed E-state index contributed by atoms with van der Waals surface area (Å²) in [5, 5.41) is 0. The zero-order chi connectivity index (χ0) is 7.82.